The fraction of sp³-hybridized carbons (Fsp3) is 0.455. The Morgan fingerprint density at radius 1 is 1.40 bits per heavy atom. The first kappa shape index (κ1) is 12.4. The van der Waals surface area contributed by atoms with Crippen LogP contribution < -0.4 is 9.82 Å². The zero-order valence-corrected chi connectivity index (χ0v) is 9.99. The van der Waals surface area contributed by atoms with Gasteiger partial charge in [-0.3, -0.25) is 5.09 Å². The highest BCUT2D eigenvalue weighted by Gasteiger charge is 2.01. The number of rotatable bonds is 7. The van der Waals surface area contributed by atoms with E-state index in [0.717, 1.165) is 27.4 Å². The largest absolute Gasteiger partial charge is 0.491 e. The van der Waals surface area contributed by atoms with Gasteiger partial charge in [-0.1, -0.05) is 26.9 Å². The highest BCUT2D eigenvalue weighted by Crippen LogP contribution is 2.18. The lowest BCUT2D eigenvalue weighted by atomic mass is 10.1. The van der Waals surface area contributed by atoms with Crippen LogP contribution in [0.25, 0.3) is 0 Å². The molecule has 0 radical (unpaired) electrons. The molecule has 84 valence electrons. The minimum absolute atomic E-state index is 0.0585. The summed E-state index contributed by atoms with van der Waals surface area (Å²) >= 11 is 0. The zero-order chi connectivity index (χ0) is 10.9. The van der Waals surface area contributed by atoms with Crippen molar-refractivity contribution in [2.24, 2.45) is 0 Å². The van der Waals surface area contributed by atoms with Crippen molar-refractivity contribution in [3.8, 4) is 5.75 Å². The summed E-state index contributed by atoms with van der Waals surface area (Å²) in [6.07, 6.45) is 0.961. The van der Waals surface area contributed by atoms with Crippen LogP contribution in [0.15, 0.2) is 24.3 Å². The van der Waals surface area contributed by atoms with Gasteiger partial charge >= 0.3 is 0 Å². The molecule has 1 rings (SSSR count). The first-order valence-corrected chi connectivity index (χ1v) is 6.59. The number of aliphatic hydroxyl groups is 1. The fourth-order valence-electron chi connectivity index (χ4n) is 1.33. The summed E-state index contributed by atoms with van der Waals surface area (Å²) in [6.45, 7) is 3.51. The highest BCUT2D eigenvalue weighted by molar-refractivity contribution is 7.34. The monoisotopic (exact) mass is 227 g/mol. The Kier molecular flexibility index (Phi) is 6.33. The maximum absolute atomic E-state index is 8.70. The number of hydrogen-bond donors (Lipinski definition) is 2. The molecule has 0 amide bonds. The van der Waals surface area contributed by atoms with E-state index in [1.165, 1.54) is 5.56 Å². The molecule has 4 heteroatoms. The molecule has 0 aliphatic rings. The van der Waals surface area contributed by atoms with Crippen LogP contribution in [-0.2, 0) is 6.42 Å². The van der Waals surface area contributed by atoms with E-state index in [9.17, 15) is 0 Å². The lowest BCUT2D eigenvalue weighted by Crippen LogP contribution is -2.09. The second kappa shape index (κ2) is 7.63. The van der Waals surface area contributed by atoms with Crippen molar-refractivity contribution in [3.05, 3.63) is 29.8 Å². The predicted octanol–water partition coefficient (Wildman–Crippen LogP) is 1.41. The van der Waals surface area contributed by atoms with Gasteiger partial charge in [-0.25, -0.2) is 0 Å². The van der Waals surface area contributed by atoms with Crippen molar-refractivity contribution in [1.29, 1.82) is 0 Å². The Bertz CT molecular complexity index is 281. The van der Waals surface area contributed by atoms with Crippen LogP contribution in [-0.4, -0.2) is 31.5 Å². The van der Waals surface area contributed by atoms with Gasteiger partial charge in [0.25, 0.3) is 0 Å². The molecule has 1 aromatic rings. The molecule has 0 aliphatic heterocycles. The lowest BCUT2D eigenvalue weighted by molar-refractivity contribution is 0.200. The zero-order valence-electron chi connectivity index (χ0n) is 8.99. The molecular weight excluding hydrogens is 209 g/mol. The lowest BCUT2D eigenvalue weighted by Gasteiger charge is -2.10. The van der Waals surface area contributed by atoms with Gasteiger partial charge in [0.2, 0.25) is 0 Å². The van der Waals surface area contributed by atoms with E-state index in [4.69, 9.17) is 9.84 Å². The second-order valence-corrected chi connectivity index (χ2v) is 3.96. The van der Waals surface area contributed by atoms with Crippen molar-refractivity contribution in [3.63, 3.8) is 0 Å². The topological polar surface area (TPSA) is 41.5 Å². The minimum Gasteiger partial charge on any atom is -0.491 e. The molecule has 1 unspecified atom stereocenters. The molecule has 0 aromatic heterocycles. The van der Waals surface area contributed by atoms with E-state index in [-0.39, 0.29) is 6.61 Å². The van der Waals surface area contributed by atoms with Crippen molar-refractivity contribution in [2.75, 3.05) is 26.4 Å². The summed E-state index contributed by atoms with van der Waals surface area (Å²) in [5, 5.41) is 12.0. The first-order valence-electron chi connectivity index (χ1n) is 5.09. The molecule has 15 heavy (non-hydrogen) atoms. The van der Waals surface area contributed by atoms with Crippen LogP contribution in [0.4, 0.5) is 0 Å². The molecule has 0 heterocycles. The summed E-state index contributed by atoms with van der Waals surface area (Å²) in [5.74, 6) is 0.882. The Balaban J connectivity index is 2.52. The van der Waals surface area contributed by atoms with Crippen molar-refractivity contribution in [1.82, 2.24) is 5.09 Å². The molecule has 1 aromatic carbocycles. The molecule has 1 atom stereocenters. The van der Waals surface area contributed by atoms with Crippen LogP contribution in [0.5, 0.6) is 5.75 Å². The molecule has 0 fully saturated rings. The van der Waals surface area contributed by atoms with E-state index in [1.54, 1.807) is 0 Å². The SMILES string of the molecule is CPNCCc1ccccc1OCCO. The van der Waals surface area contributed by atoms with E-state index in [2.05, 4.69) is 17.8 Å². The van der Waals surface area contributed by atoms with E-state index in [1.807, 2.05) is 18.2 Å². The van der Waals surface area contributed by atoms with Gasteiger partial charge in [-0.15, -0.1) is 0 Å². The molecular formula is C11H18NO2P. The van der Waals surface area contributed by atoms with Gasteiger partial charge in [-0.2, -0.15) is 0 Å². The number of nitrogens with one attached hydrogen (secondary N) is 1. The smallest absolute Gasteiger partial charge is 0.122 e. The molecule has 0 saturated heterocycles. The third-order valence-electron chi connectivity index (χ3n) is 2.02. The van der Waals surface area contributed by atoms with Crippen molar-refractivity contribution < 1.29 is 9.84 Å². The Labute approximate surface area is 92.7 Å². The third kappa shape index (κ3) is 4.61. The Hall–Kier alpha value is -0.630. The summed E-state index contributed by atoms with van der Waals surface area (Å²) in [7, 11) is 0.776. The highest BCUT2D eigenvalue weighted by atomic mass is 31.1. The van der Waals surface area contributed by atoms with Crippen molar-refractivity contribution >= 4 is 8.73 Å². The van der Waals surface area contributed by atoms with Crippen LogP contribution in [0, 0.1) is 0 Å². The van der Waals surface area contributed by atoms with Crippen LogP contribution in [0.3, 0.4) is 0 Å². The van der Waals surface area contributed by atoms with E-state index < -0.39 is 0 Å². The first-order chi connectivity index (χ1) is 7.38. The number of ether oxygens (including phenoxy) is 1. The average molecular weight is 227 g/mol. The number of aliphatic hydroxyl groups excluding tert-OH is 1. The van der Waals surface area contributed by atoms with Gasteiger partial charge in [0.15, 0.2) is 0 Å². The number of para-hydroxylation sites is 1. The summed E-state index contributed by atoms with van der Waals surface area (Å²) in [5.41, 5.74) is 1.19. The van der Waals surface area contributed by atoms with Gasteiger partial charge in [0.1, 0.15) is 12.4 Å². The summed E-state index contributed by atoms with van der Waals surface area (Å²) in [6, 6.07) is 7.97. The van der Waals surface area contributed by atoms with Gasteiger partial charge in [0.05, 0.1) is 6.61 Å². The van der Waals surface area contributed by atoms with Gasteiger partial charge in [-0.05, 0) is 24.7 Å². The minimum atomic E-state index is 0.0585. The number of benzene rings is 1. The average Bonchev–Trinajstić information content (AvgIpc) is 2.28. The predicted molar refractivity (Wildman–Crippen MR) is 65.0 cm³/mol. The maximum atomic E-state index is 8.70. The normalized spacial score (nSPS) is 11.1. The van der Waals surface area contributed by atoms with Gasteiger partial charge < -0.3 is 9.84 Å². The Morgan fingerprint density at radius 3 is 2.93 bits per heavy atom. The van der Waals surface area contributed by atoms with Crippen LogP contribution in [0.2, 0.25) is 0 Å². The van der Waals surface area contributed by atoms with Gasteiger partial charge in [0, 0.05) is 6.54 Å². The standard InChI is InChI=1S/C11H18NO2P/c1-15-12-7-6-10-4-2-3-5-11(10)14-9-8-13/h2-5,12-13,15H,6-9H2,1H3. The quantitative estimate of drug-likeness (QED) is 0.546. The summed E-state index contributed by atoms with van der Waals surface area (Å²) < 4.78 is 5.44. The Morgan fingerprint density at radius 2 is 2.20 bits per heavy atom. The summed E-state index contributed by atoms with van der Waals surface area (Å²) in [4.78, 5) is 0. The molecule has 0 bridgehead atoms. The molecule has 0 saturated carbocycles. The van der Waals surface area contributed by atoms with E-state index >= 15 is 0 Å². The van der Waals surface area contributed by atoms with Crippen molar-refractivity contribution in [2.45, 2.75) is 6.42 Å². The molecule has 2 N–H and O–H groups in total. The second-order valence-electron chi connectivity index (χ2n) is 3.11. The van der Waals surface area contributed by atoms with Crippen LogP contribution in [0.1, 0.15) is 5.56 Å². The van der Waals surface area contributed by atoms with Crippen LogP contribution >= 0.6 is 8.73 Å². The molecule has 3 nitrogen and oxygen atoms in total. The van der Waals surface area contributed by atoms with E-state index in [0.29, 0.717) is 6.61 Å². The maximum Gasteiger partial charge on any atom is 0.122 e. The molecule has 0 aliphatic carbocycles. The number of hydrogen-bond acceptors (Lipinski definition) is 3. The fourth-order valence-corrected chi connectivity index (χ4v) is 1.70. The third-order valence-corrected chi connectivity index (χ3v) is 2.62. The molecule has 0 spiro atoms.